The van der Waals surface area contributed by atoms with Gasteiger partial charge in [0.2, 0.25) is 5.91 Å². The van der Waals surface area contributed by atoms with Crippen molar-refractivity contribution in [2.24, 2.45) is 10.9 Å². The summed E-state index contributed by atoms with van der Waals surface area (Å²) in [7, 11) is 1.67. The van der Waals surface area contributed by atoms with Crippen molar-refractivity contribution in [2.75, 3.05) is 26.7 Å². The third-order valence-electron chi connectivity index (χ3n) is 5.27. The van der Waals surface area contributed by atoms with E-state index in [1.165, 1.54) is 12.3 Å². The molecule has 3 rings (SSSR count). The van der Waals surface area contributed by atoms with Crippen LogP contribution in [0, 0.1) is 11.7 Å². The first-order chi connectivity index (χ1) is 15.1. The van der Waals surface area contributed by atoms with Crippen LogP contribution in [0.2, 0.25) is 0 Å². The van der Waals surface area contributed by atoms with E-state index < -0.39 is 5.82 Å². The molecule has 1 aliphatic heterocycles. The lowest BCUT2D eigenvalue weighted by Crippen LogP contribution is -2.46. The first kappa shape index (κ1) is 25.8. The van der Waals surface area contributed by atoms with Gasteiger partial charge in [-0.05, 0) is 55.5 Å². The monoisotopic (exact) mass is 555 g/mol. The van der Waals surface area contributed by atoms with Gasteiger partial charge in [0, 0.05) is 39.3 Å². The Morgan fingerprint density at radius 2 is 2.09 bits per heavy atom. The summed E-state index contributed by atoms with van der Waals surface area (Å²) in [5.74, 6) is 1.53. The Balaban J connectivity index is 0.00000363. The average Bonchev–Trinajstić information content (AvgIpc) is 2.79. The molecule has 1 aromatic carbocycles. The number of carbonyl (C=O) groups is 1. The van der Waals surface area contributed by atoms with Crippen molar-refractivity contribution in [3.8, 4) is 11.5 Å². The van der Waals surface area contributed by atoms with Gasteiger partial charge < -0.3 is 20.3 Å². The summed E-state index contributed by atoms with van der Waals surface area (Å²) in [6.07, 6.45) is 5.65. The van der Waals surface area contributed by atoms with Crippen LogP contribution in [0.4, 0.5) is 4.39 Å². The number of ether oxygens (including phenoxy) is 1. The number of aliphatic imine (C=N–C) groups is 1. The van der Waals surface area contributed by atoms with Gasteiger partial charge in [-0.25, -0.2) is 9.38 Å². The summed E-state index contributed by atoms with van der Waals surface area (Å²) < 4.78 is 20.0. The molecule has 1 aliphatic rings. The van der Waals surface area contributed by atoms with Crippen LogP contribution in [0.5, 0.6) is 11.5 Å². The molecule has 2 N–H and O–H groups in total. The normalized spacial score (nSPS) is 14.5. The zero-order valence-corrected chi connectivity index (χ0v) is 20.8. The fourth-order valence-corrected chi connectivity index (χ4v) is 3.57. The fraction of sp³-hybridized carbons (Fsp3) is 0.435. The number of benzene rings is 1. The summed E-state index contributed by atoms with van der Waals surface area (Å²) >= 11 is 0. The van der Waals surface area contributed by atoms with Crippen LogP contribution >= 0.6 is 24.0 Å². The molecule has 0 aliphatic carbocycles. The number of carbonyl (C=O) groups excluding carboxylic acids is 1. The largest absolute Gasteiger partial charge is 0.453 e. The van der Waals surface area contributed by atoms with Gasteiger partial charge in [0.15, 0.2) is 17.5 Å². The molecule has 2 aromatic rings. The highest BCUT2D eigenvalue weighted by Crippen LogP contribution is 2.25. The third-order valence-corrected chi connectivity index (χ3v) is 5.27. The maximum Gasteiger partial charge on any atom is 0.220 e. The Labute approximate surface area is 205 Å². The van der Waals surface area contributed by atoms with E-state index >= 15 is 0 Å². The molecular formula is C23H31FIN5O2. The van der Waals surface area contributed by atoms with E-state index in [0.717, 1.165) is 44.0 Å². The van der Waals surface area contributed by atoms with Gasteiger partial charge in [0.05, 0.1) is 12.7 Å². The summed E-state index contributed by atoms with van der Waals surface area (Å²) in [5.41, 5.74) is 0.765. The van der Waals surface area contributed by atoms with E-state index in [1.54, 1.807) is 31.4 Å². The number of likely N-dealkylation sites (tertiary alicyclic amines) is 1. The molecule has 1 amide bonds. The molecule has 0 radical (unpaired) electrons. The molecule has 174 valence electrons. The number of hydrogen-bond donors (Lipinski definition) is 2. The standard InChI is InChI=1S/C23H30FN5O2.HI/c1-3-27-23(29-11-8-17(9-12-29)14-22(30)25-2)28-15-18-6-7-21(20(24)13-18)31-19-5-4-10-26-16-19;/h4-7,10,13,16-17H,3,8-9,11-12,14-15H2,1-2H3,(H,25,30)(H,27,28);1H. The summed E-state index contributed by atoms with van der Waals surface area (Å²) in [6.45, 7) is 4.84. The number of piperidine rings is 1. The summed E-state index contributed by atoms with van der Waals surface area (Å²) in [4.78, 5) is 22.5. The lowest BCUT2D eigenvalue weighted by molar-refractivity contribution is -0.121. The number of guanidine groups is 1. The summed E-state index contributed by atoms with van der Waals surface area (Å²) in [6, 6.07) is 8.35. The molecule has 1 aromatic heterocycles. The molecule has 7 nitrogen and oxygen atoms in total. The van der Waals surface area contributed by atoms with Crippen LogP contribution in [0.25, 0.3) is 0 Å². The highest BCUT2D eigenvalue weighted by atomic mass is 127. The highest BCUT2D eigenvalue weighted by Gasteiger charge is 2.23. The van der Waals surface area contributed by atoms with Gasteiger partial charge >= 0.3 is 0 Å². The highest BCUT2D eigenvalue weighted by molar-refractivity contribution is 14.0. The third kappa shape index (κ3) is 7.61. The van der Waals surface area contributed by atoms with Crippen LogP contribution in [0.15, 0.2) is 47.7 Å². The van der Waals surface area contributed by atoms with Crippen LogP contribution in [0.1, 0.15) is 31.7 Å². The Morgan fingerprint density at radius 1 is 1.31 bits per heavy atom. The number of amides is 1. The number of nitrogens with zero attached hydrogens (tertiary/aromatic N) is 3. The Hall–Kier alpha value is -2.43. The van der Waals surface area contributed by atoms with Gasteiger partial charge in [0.1, 0.15) is 5.75 Å². The smallest absolute Gasteiger partial charge is 0.220 e. The average molecular weight is 555 g/mol. The second-order valence-corrected chi connectivity index (χ2v) is 7.53. The van der Waals surface area contributed by atoms with E-state index in [-0.39, 0.29) is 35.6 Å². The molecule has 0 spiro atoms. The molecule has 1 saturated heterocycles. The van der Waals surface area contributed by atoms with E-state index in [1.807, 2.05) is 13.0 Å². The van der Waals surface area contributed by atoms with E-state index in [4.69, 9.17) is 9.73 Å². The molecule has 0 bridgehead atoms. The van der Waals surface area contributed by atoms with E-state index in [9.17, 15) is 9.18 Å². The van der Waals surface area contributed by atoms with Crippen molar-refractivity contribution in [1.29, 1.82) is 0 Å². The number of rotatable bonds is 7. The van der Waals surface area contributed by atoms with Crippen LogP contribution in [0.3, 0.4) is 0 Å². The number of pyridine rings is 1. The van der Waals surface area contributed by atoms with Gasteiger partial charge in [0.25, 0.3) is 0 Å². The van der Waals surface area contributed by atoms with Crippen LogP contribution in [-0.4, -0.2) is 48.4 Å². The summed E-state index contributed by atoms with van der Waals surface area (Å²) in [5, 5.41) is 6.01. The van der Waals surface area contributed by atoms with Crippen molar-refractivity contribution >= 4 is 35.8 Å². The van der Waals surface area contributed by atoms with Crippen molar-refractivity contribution in [1.82, 2.24) is 20.5 Å². The lowest BCUT2D eigenvalue weighted by atomic mass is 9.93. The first-order valence-corrected chi connectivity index (χ1v) is 10.7. The topological polar surface area (TPSA) is 78.9 Å². The number of hydrogen-bond acceptors (Lipinski definition) is 4. The Morgan fingerprint density at radius 3 is 2.72 bits per heavy atom. The van der Waals surface area contributed by atoms with Gasteiger partial charge in [-0.3, -0.25) is 9.78 Å². The van der Waals surface area contributed by atoms with Crippen molar-refractivity contribution in [2.45, 2.75) is 32.7 Å². The second-order valence-electron chi connectivity index (χ2n) is 7.53. The number of nitrogens with one attached hydrogen (secondary N) is 2. The molecule has 9 heteroatoms. The van der Waals surface area contributed by atoms with Crippen LogP contribution < -0.4 is 15.4 Å². The maximum atomic E-state index is 14.5. The Bertz CT molecular complexity index is 889. The lowest BCUT2D eigenvalue weighted by Gasteiger charge is -2.34. The van der Waals surface area contributed by atoms with Crippen molar-refractivity contribution < 1.29 is 13.9 Å². The molecule has 0 unspecified atom stereocenters. The zero-order valence-electron chi connectivity index (χ0n) is 18.5. The van der Waals surface area contributed by atoms with Crippen molar-refractivity contribution in [3.63, 3.8) is 0 Å². The number of halogens is 2. The molecule has 1 fully saturated rings. The molecular weight excluding hydrogens is 524 g/mol. The second kappa shape index (κ2) is 13.2. The SMILES string of the molecule is CCNC(=NCc1ccc(Oc2cccnc2)c(F)c1)N1CCC(CC(=O)NC)CC1.I. The van der Waals surface area contributed by atoms with Crippen molar-refractivity contribution in [3.05, 3.63) is 54.1 Å². The van der Waals surface area contributed by atoms with Gasteiger partial charge in [-0.1, -0.05) is 6.07 Å². The van der Waals surface area contributed by atoms with Crippen LogP contribution in [-0.2, 0) is 11.3 Å². The van der Waals surface area contributed by atoms with E-state index in [0.29, 0.717) is 24.6 Å². The predicted molar refractivity (Wildman–Crippen MR) is 134 cm³/mol. The fourth-order valence-electron chi connectivity index (χ4n) is 3.57. The Kier molecular flexibility index (Phi) is 10.6. The van der Waals surface area contributed by atoms with Gasteiger partial charge in [-0.15, -0.1) is 24.0 Å². The molecule has 0 saturated carbocycles. The quantitative estimate of drug-likeness (QED) is 0.308. The number of aromatic nitrogens is 1. The molecule has 2 heterocycles. The van der Waals surface area contributed by atoms with Gasteiger partial charge in [-0.2, -0.15) is 0 Å². The minimum Gasteiger partial charge on any atom is -0.453 e. The minimum absolute atomic E-state index is 0. The molecule has 32 heavy (non-hydrogen) atoms. The zero-order chi connectivity index (χ0) is 22.1. The van der Waals surface area contributed by atoms with E-state index in [2.05, 4.69) is 20.5 Å². The molecule has 0 atom stereocenters. The predicted octanol–water partition coefficient (Wildman–Crippen LogP) is 3.94. The minimum atomic E-state index is -0.434. The maximum absolute atomic E-state index is 14.5. The first-order valence-electron chi connectivity index (χ1n) is 10.7.